The van der Waals surface area contributed by atoms with Crippen LogP contribution in [0.4, 0.5) is 0 Å². The van der Waals surface area contributed by atoms with Gasteiger partial charge in [-0.15, -0.1) is 11.3 Å². The zero-order valence-corrected chi connectivity index (χ0v) is 12.2. The van der Waals surface area contributed by atoms with Crippen molar-refractivity contribution in [2.24, 2.45) is 5.14 Å². The van der Waals surface area contributed by atoms with Crippen molar-refractivity contribution in [3.05, 3.63) is 11.6 Å². The maximum Gasteiger partial charge on any atom is 0.247 e. The minimum atomic E-state index is -3.85. The maximum absolute atomic E-state index is 12.0. The van der Waals surface area contributed by atoms with Crippen molar-refractivity contribution in [2.45, 2.75) is 21.9 Å². The van der Waals surface area contributed by atoms with E-state index in [2.05, 4.69) is 0 Å². The van der Waals surface area contributed by atoms with Crippen molar-refractivity contribution in [1.29, 1.82) is 0 Å². The van der Waals surface area contributed by atoms with Gasteiger partial charge in [0, 0.05) is 13.1 Å². The van der Waals surface area contributed by atoms with Crippen molar-refractivity contribution in [3.8, 4) is 0 Å². The molecule has 0 unspecified atom stereocenters. The van der Waals surface area contributed by atoms with Gasteiger partial charge in [-0.3, -0.25) is 4.90 Å². The summed E-state index contributed by atoms with van der Waals surface area (Å²) in [6.45, 7) is 3.56. The minimum absolute atomic E-state index is 0.0123. The van der Waals surface area contributed by atoms with Crippen LogP contribution in [0.25, 0.3) is 0 Å². The topological polar surface area (TPSA) is 97.5 Å². The van der Waals surface area contributed by atoms with Gasteiger partial charge in [0.2, 0.25) is 10.0 Å². The quantitative estimate of drug-likeness (QED) is 0.829. The summed E-state index contributed by atoms with van der Waals surface area (Å²) in [4.78, 5) is 1.96. The lowest BCUT2D eigenvalue weighted by atomic mass is 10.3. The molecule has 1 aromatic heterocycles. The van der Waals surface area contributed by atoms with Crippen LogP contribution in [0.3, 0.4) is 0 Å². The van der Waals surface area contributed by atoms with E-state index in [0.717, 1.165) is 17.9 Å². The van der Waals surface area contributed by atoms with Gasteiger partial charge in [0.1, 0.15) is 8.42 Å². The number of thiophene rings is 1. The average Bonchev–Trinajstić information content (AvgIpc) is 2.64. The van der Waals surface area contributed by atoms with Crippen LogP contribution in [-0.4, -0.2) is 40.6 Å². The third-order valence-corrected chi connectivity index (χ3v) is 7.78. The molecule has 0 radical (unpaired) electrons. The molecule has 18 heavy (non-hydrogen) atoms. The lowest BCUT2D eigenvalue weighted by Gasteiger charge is -2.16. The Morgan fingerprint density at radius 3 is 2.72 bits per heavy atom. The van der Waals surface area contributed by atoms with E-state index < -0.39 is 19.9 Å². The van der Waals surface area contributed by atoms with Crippen molar-refractivity contribution >= 4 is 31.2 Å². The first-order valence-corrected chi connectivity index (χ1v) is 9.36. The zero-order valence-electron chi connectivity index (χ0n) is 9.79. The molecule has 0 bridgehead atoms. The molecule has 0 amide bonds. The van der Waals surface area contributed by atoms with Crippen molar-refractivity contribution in [3.63, 3.8) is 0 Å². The number of rotatable bonds is 2. The number of sulfonamides is 1. The van der Waals surface area contributed by atoms with Gasteiger partial charge in [-0.1, -0.05) is 6.92 Å². The van der Waals surface area contributed by atoms with E-state index >= 15 is 0 Å². The second-order valence-corrected chi connectivity index (χ2v) is 9.26. The van der Waals surface area contributed by atoms with Gasteiger partial charge in [0.05, 0.1) is 5.75 Å². The largest absolute Gasteiger partial charge is 0.298 e. The molecule has 0 aromatic carbocycles. The first-order valence-electron chi connectivity index (χ1n) is 5.34. The molecule has 1 aliphatic heterocycles. The Kier molecular flexibility index (Phi) is 3.54. The number of fused-ring (bicyclic) bond motifs is 1. The Balaban J connectivity index is 2.58. The lowest BCUT2D eigenvalue weighted by molar-refractivity contribution is 0.298. The van der Waals surface area contributed by atoms with Gasteiger partial charge in [0.25, 0.3) is 0 Å². The molecule has 2 rings (SSSR count). The Hall–Kier alpha value is -0.480. The van der Waals surface area contributed by atoms with Crippen LogP contribution in [0.15, 0.2) is 14.5 Å². The van der Waals surface area contributed by atoms with Gasteiger partial charge in [-0.2, -0.15) is 0 Å². The fourth-order valence-electron chi connectivity index (χ4n) is 1.83. The van der Waals surface area contributed by atoms with Crippen molar-refractivity contribution in [2.75, 3.05) is 18.8 Å². The summed E-state index contributed by atoms with van der Waals surface area (Å²) >= 11 is 0.747. The van der Waals surface area contributed by atoms with Crippen LogP contribution in [0, 0.1) is 0 Å². The van der Waals surface area contributed by atoms with E-state index in [-0.39, 0.29) is 14.2 Å². The molecule has 0 saturated heterocycles. The van der Waals surface area contributed by atoms with Crippen LogP contribution in [0.2, 0.25) is 0 Å². The van der Waals surface area contributed by atoms with Crippen LogP contribution < -0.4 is 5.14 Å². The molecule has 0 aliphatic carbocycles. The second-order valence-electron chi connectivity index (χ2n) is 4.11. The zero-order chi connectivity index (χ0) is 13.6. The number of sulfone groups is 1. The van der Waals surface area contributed by atoms with Crippen molar-refractivity contribution in [1.82, 2.24) is 4.90 Å². The molecule has 1 aromatic rings. The van der Waals surface area contributed by atoms with Gasteiger partial charge < -0.3 is 0 Å². The predicted octanol–water partition coefficient (Wildman–Crippen LogP) is 0.00470. The van der Waals surface area contributed by atoms with E-state index in [1.807, 2.05) is 11.8 Å². The molecule has 6 nitrogen and oxygen atoms in total. The SMILES string of the molecule is CCN1CCS(=O)(=O)c2sc(S(N)(=O)=O)cc2C1. The Morgan fingerprint density at radius 2 is 2.17 bits per heavy atom. The highest BCUT2D eigenvalue weighted by Gasteiger charge is 2.29. The molecule has 2 N–H and O–H groups in total. The molecule has 0 atom stereocenters. The van der Waals surface area contributed by atoms with Gasteiger partial charge >= 0.3 is 0 Å². The number of hydrogen-bond acceptors (Lipinski definition) is 6. The van der Waals surface area contributed by atoms with Gasteiger partial charge in [-0.05, 0) is 18.2 Å². The lowest BCUT2D eigenvalue weighted by Crippen LogP contribution is -2.25. The molecular formula is C9H14N2O4S3. The molecule has 2 heterocycles. The summed E-state index contributed by atoms with van der Waals surface area (Å²) in [6, 6.07) is 1.38. The standard InChI is InChI=1S/C9H14N2O4S3/c1-2-11-3-4-17(12,13)9-7(6-11)5-8(16-9)18(10,14)15/h5H,2-4,6H2,1H3,(H2,10,14,15). The summed E-state index contributed by atoms with van der Waals surface area (Å²) in [5.41, 5.74) is 0.531. The van der Waals surface area contributed by atoms with E-state index in [9.17, 15) is 16.8 Å². The Morgan fingerprint density at radius 1 is 1.50 bits per heavy atom. The number of nitrogens with two attached hydrogens (primary N) is 1. The smallest absolute Gasteiger partial charge is 0.247 e. The molecule has 102 valence electrons. The highest BCUT2D eigenvalue weighted by atomic mass is 32.3. The third-order valence-electron chi connectivity index (χ3n) is 2.83. The van der Waals surface area contributed by atoms with Gasteiger partial charge in [-0.25, -0.2) is 22.0 Å². The fraction of sp³-hybridized carbons (Fsp3) is 0.556. The Bertz CT molecular complexity index is 660. The van der Waals surface area contributed by atoms with Crippen LogP contribution in [0.5, 0.6) is 0 Å². The maximum atomic E-state index is 12.0. The highest BCUT2D eigenvalue weighted by molar-refractivity contribution is 7.95. The summed E-state index contributed by atoms with van der Waals surface area (Å²) < 4.78 is 46.7. The summed E-state index contributed by atoms with van der Waals surface area (Å²) in [5, 5.41) is 5.04. The van der Waals surface area contributed by atoms with E-state index in [0.29, 0.717) is 18.7 Å². The Labute approximate surface area is 110 Å². The predicted molar refractivity (Wildman–Crippen MR) is 68.7 cm³/mol. The van der Waals surface area contributed by atoms with E-state index in [1.165, 1.54) is 6.07 Å². The molecule has 0 spiro atoms. The van der Waals surface area contributed by atoms with Crippen molar-refractivity contribution < 1.29 is 16.8 Å². The van der Waals surface area contributed by atoms with Gasteiger partial charge in [0.15, 0.2) is 9.84 Å². The monoisotopic (exact) mass is 310 g/mol. The molecule has 0 fully saturated rings. The van der Waals surface area contributed by atoms with Crippen LogP contribution in [-0.2, 0) is 26.4 Å². The minimum Gasteiger partial charge on any atom is -0.298 e. The van der Waals surface area contributed by atoms with Crippen LogP contribution in [0.1, 0.15) is 12.5 Å². The number of nitrogens with zero attached hydrogens (tertiary/aromatic N) is 1. The number of hydrogen-bond donors (Lipinski definition) is 1. The molecule has 0 saturated carbocycles. The first-order chi connectivity index (χ1) is 8.24. The second kappa shape index (κ2) is 4.57. The summed E-state index contributed by atoms with van der Waals surface area (Å²) in [6.07, 6.45) is 0. The van der Waals surface area contributed by atoms with E-state index in [1.54, 1.807) is 0 Å². The molecular weight excluding hydrogens is 296 g/mol. The average molecular weight is 310 g/mol. The number of primary sulfonamides is 1. The van der Waals surface area contributed by atoms with Crippen LogP contribution >= 0.6 is 11.3 Å². The summed E-state index contributed by atoms with van der Waals surface area (Å²) in [7, 11) is -7.25. The molecule has 1 aliphatic rings. The third kappa shape index (κ3) is 2.59. The normalized spacial score (nSPS) is 20.3. The summed E-state index contributed by atoms with van der Waals surface area (Å²) in [5.74, 6) is 0.0123. The fourth-order valence-corrected chi connectivity index (χ4v) is 5.89. The van der Waals surface area contributed by atoms with E-state index in [4.69, 9.17) is 5.14 Å². The first kappa shape index (κ1) is 13.9. The highest BCUT2D eigenvalue weighted by Crippen LogP contribution is 2.33. The molecule has 9 heteroatoms.